The highest BCUT2D eigenvalue weighted by molar-refractivity contribution is 6.32. The summed E-state index contributed by atoms with van der Waals surface area (Å²) in [5.74, 6) is -2.72. The van der Waals surface area contributed by atoms with Crippen molar-refractivity contribution in [2.75, 3.05) is 6.61 Å². The highest BCUT2D eigenvalue weighted by atomic mass is 35.5. The van der Waals surface area contributed by atoms with Crippen LogP contribution in [0.1, 0.15) is 13.8 Å². The number of carbonyl (C=O) groups excluding carboxylic acids is 1. The van der Waals surface area contributed by atoms with Crippen molar-refractivity contribution in [3.05, 3.63) is 0 Å². The topological polar surface area (TPSA) is 52.3 Å². The molecule has 3 atom stereocenters. The number of nitrogens with two attached hydrogens (primary N) is 1. The van der Waals surface area contributed by atoms with Crippen molar-refractivity contribution in [2.24, 2.45) is 11.7 Å². The molecule has 0 aromatic heterocycles. The third kappa shape index (κ3) is 3.40. The maximum atomic E-state index is 13.4. The predicted octanol–water partition coefficient (Wildman–Crippen LogP) is 2.25. The van der Waals surface area contributed by atoms with E-state index in [-0.39, 0.29) is 6.61 Å². The van der Waals surface area contributed by atoms with E-state index in [1.165, 1.54) is 6.92 Å². The number of halogens is 5. The molecule has 16 heavy (non-hydrogen) atoms. The van der Waals surface area contributed by atoms with Crippen molar-refractivity contribution in [1.29, 1.82) is 0 Å². The summed E-state index contributed by atoms with van der Waals surface area (Å²) < 4.78 is 43.1. The van der Waals surface area contributed by atoms with Crippen molar-refractivity contribution >= 4 is 29.2 Å². The molecule has 2 N–H and O–H groups in total. The molecule has 96 valence electrons. The Balaban J connectivity index is 4.79. The first-order valence-electron chi connectivity index (χ1n) is 4.42. The summed E-state index contributed by atoms with van der Waals surface area (Å²) in [5.41, 5.74) is 5.24. The van der Waals surface area contributed by atoms with Gasteiger partial charge in [0.2, 0.25) is 0 Å². The van der Waals surface area contributed by atoms with Crippen LogP contribution in [0.3, 0.4) is 0 Å². The first-order chi connectivity index (χ1) is 7.05. The smallest absolute Gasteiger partial charge is 0.369 e. The van der Waals surface area contributed by atoms with E-state index in [9.17, 15) is 18.0 Å². The van der Waals surface area contributed by atoms with Gasteiger partial charge in [0.25, 0.3) is 5.13 Å². The van der Waals surface area contributed by atoms with Crippen LogP contribution in [0.15, 0.2) is 0 Å². The van der Waals surface area contributed by atoms with E-state index in [0.29, 0.717) is 0 Å². The van der Waals surface area contributed by atoms with Gasteiger partial charge in [0.05, 0.1) is 6.61 Å². The number of carbonyl (C=O) groups is 1. The van der Waals surface area contributed by atoms with Gasteiger partial charge in [0.15, 0.2) is 0 Å². The van der Waals surface area contributed by atoms with Crippen molar-refractivity contribution in [3.63, 3.8) is 0 Å². The van der Waals surface area contributed by atoms with E-state index in [1.54, 1.807) is 0 Å². The molecule has 0 saturated heterocycles. The zero-order valence-electron chi connectivity index (χ0n) is 8.65. The van der Waals surface area contributed by atoms with Crippen LogP contribution in [0.4, 0.5) is 13.2 Å². The van der Waals surface area contributed by atoms with Crippen LogP contribution >= 0.6 is 23.2 Å². The molecule has 0 saturated carbocycles. The monoisotopic (exact) mass is 281 g/mol. The minimum absolute atomic E-state index is 0.00189. The third-order valence-corrected chi connectivity index (χ3v) is 3.00. The predicted molar refractivity (Wildman–Crippen MR) is 54.3 cm³/mol. The van der Waals surface area contributed by atoms with Gasteiger partial charge < -0.3 is 10.5 Å². The van der Waals surface area contributed by atoms with Crippen molar-refractivity contribution in [2.45, 2.75) is 30.4 Å². The summed E-state index contributed by atoms with van der Waals surface area (Å²) in [6.45, 7) is 2.44. The van der Waals surface area contributed by atoms with E-state index < -0.39 is 28.4 Å². The van der Waals surface area contributed by atoms with Gasteiger partial charge in [-0.15, -0.1) is 0 Å². The van der Waals surface area contributed by atoms with E-state index in [0.717, 1.165) is 6.92 Å². The standard InChI is InChI=1S/C8H12Cl2F3NO2/c1-3-16-6(15)5(14)4(2)7(9,11)8(10,12)13/h4-5H,3,14H2,1-2H3. The SMILES string of the molecule is CCOC(=O)C(N)C(C)C(F)(Cl)C(F)(F)Cl. The van der Waals surface area contributed by atoms with Gasteiger partial charge in [-0.2, -0.15) is 8.78 Å². The highest BCUT2D eigenvalue weighted by Gasteiger charge is 2.58. The molecule has 0 fully saturated rings. The van der Waals surface area contributed by atoms with Crippen LogP contribution in [0.25, 0.3) is 0 Å². The molecule has 0 aromatic rings. The molecule has 0 bridgehead atoms. The Morgan fingerprint density at radius 1 is 1.44 bits per heavy atom. The second-order valence-electron chi connectivity index (χ2n) is 3.19. The molecule has 0 aromatic carbocycles. The number of hydrogen-bond acceptors (Lipinski definition) is 3. The molecule has 0 radical (unpaired) electrons. The zero-order valence-corrected chi connectivity index (χ0v) is 10.2. The summed E-state index contributed by atoms with van der Waals surface area (Å²) >= 11 is 9.46. The van der Waals surface area contributed by atoms with Crippen LogP contribution in [-0.4, -0.2) is 29.1 Å². The molecule has 3 nitrogen and oxygen atoms in total. The number of rotatable bonds is 5. The summed E-state index contributed by atoms with van der Waals surface area (Å²) in [6, 6.07) is -1.62. The van der Waals surface area contributed by atoms with E-state index in [4.69, 9.17) is 17.3 Å². The molecule has 0 amide bonds. The molecule has 0 spiro atoms. The maximum absolute atomic E-state index is 13.4. The molecule has 0 aliphatic heterocycles. The number of ether oxygens (including phenoxy) is 1. The second-order valence-corrected chi connectivity index (χ2v) is 4.21. The van der Waals surface area contributed by atoms with Crippen LogP contribution in [0.2, 0.25) is 0 Å². The number of esters is 1. The average molecular weight is 282 g/mol. The van der Waals surface area contributed by atoms with Gasteiger partial charge in [-0.05, 0) is 18.5 Å². The van der Waals surface area contributed by atoms with Crippen molar-refractivity contribution < 1.29 is 22.7 Å². The lowest BCUT2D eigenvalue weighted by Crippen LogP contribution is -2.51. The van der Waals surface area contributed by atoms with Crippen LogP contribution in [-0.2, 0) is 9.53 Å². The molecule has 8 heteroatoms. The number of hydrogen-bond donors (Lipinski definition) is 1. The van der Waals surface area contributed by atoms with Crippen LogP contribution in [0.5, 0.6) is 0 Å². The molecular weight excluding hydrogens is 270 g/mol. The normalized spacial score (nSPS) is 19.8. The number of alkyl halides is 5. The van der Waals surface area contributed by atoms with Gasteiger partial charge in [0.1, 0.15) is 6.04 Å². The van der Waals surface area contributed by atoms with E-state index >= 15 is 0 Å². The molecule has 0 rings (SSSR count). The Bertz CT molecular complexity index is 258. The lowest BCUT2D eigenvalue weighted by atomic mass is 9.97. The Hall–Kier alpha value is -0.200. The quantitative estimate of drug-likeness (QED) is 0.621. The van der Waals surface area contributed by atoms with Gasteiger partial charge in [-0.25, -0.2) is 4.39 Å². The Morgan fingerprint density at radius 3 is 2.19 bits per heavy atom. The molecule has 3 unspecified atom stereocenters. The summed E-state index contributed by atoms with van der Waals surface area (Å²) in [5, 5.41) is -7.96. The molecule has 0 heterocycles. The summed E-state index contributed by atoms with van der Waals surface area (Å²) in [7, 11) is 0. The first-order valence-corrected chi connectivity index (χ1v) is 5.18. The largest absolute Gasteiger partial charge is 0.465 e. The Kier molecular flexibility index (Phi) is 5.35. The van der Waals surface area contributed by atoms with Gasteiger partial charge in [-0.3, -0.25) is 4.79 Å². The third-order valence-electron chi connectivity index (χ3n) is 2.05. The summed E-state index contributed by atoms with van der Waals surface area (Å²) in [4.78, 5) is 11.1. The van der Waals surface area contributed by atoms with Crippen molar-refractivity contribution in [3.8, 4) is 0 Å². The molecule has 0 aliphatic rings. The van der Waals surface area contributed by atoms with Gasteiger partial charge >= 0.3 is 11.4 Å². The minimum Gasteiger partial charge on any atom is -0.465 e. The lowest BCUT2D eigenvalue weighted by molar-refractivity contribution is -0.148. The maximum Gasteiger partial charge on any atom is 0.369 e. The minimum atomic E-state index is -4.34. The van der Waals surface area contributed by atoms with Crippen LogP contribution in [0, 0.1) is 5.92 Å². The van der Waals surface area contributed by atoms with Gasteiger partial charge in [-0.1, -0.05) is 18.5 Å². The fourth-order valence-corrected chi connectivity index (χ4v) is 1.23. The lowest BCUT2D eigenvalue weighted by Gasteiger charge is -2.31. The van der Waals surface area contributed by atoms with E-state index in [2.05, 4.69) is 16.3 Å². The highest BCUT2D eigenvalue weighted by Crippen LogP contribution is 2.45. The molecule has 0 aliphatic carbocycles. The van der Waals surface area contributed by atoms with Crippen LogP contribution < -0.4 is 5.73 Å². The second kappa shape index (κ2) is 5.42. The Morgan fingerprint density at radius 2 is 1.88 bits per heavy atom. The van der Waals surface area contributed by atoms with E-state index in [1.807, 2.05) is 0 Å². The van der Waals surface area contributed by atoms with Crippen molar-refractivity contribution in [1.82, 2.24) is 0 Å². The Labute approximate surface area is 101 Å². The van der Waals surface area contributed by atoms with Gasteiger partial charge in [0, 0.05) is 5.92 Å². The fourth-order valence-electron chi connectivity index (χ4n) is 0.926. The summed E-state index contributed by atoms with van der Waals surface area (Å²) in [6.07, 6.45) is 0. The molecular formula is C8H12Cl2F3NO2. The fraction of sp³-hybridized carbons (Fsp3) is 0.875. The average Bonchev–Trinajstić information content (AvgIpc) is 2.14. The zero-order chi connectivity index (χ0) is 13.1. The first kappa shape index (κ1) is 15.8.